The normalized spacial score (nSPS) is 16.3. The van der Waals surface area contributed by atoms with E-state index >= 15 is 0 Å². The maximum atomic E-state index is 13.6. The van der Waals surface area contributed by atoms with Gasteiger partial charge in [0.2, 0.25) is 15.9 Å². The zero-order valence-corrected chi connectivity index (χ0v) is 16.2. The number of nitrogens with zero attached hydrogens (tertiary/aromatic N) is 1. The molecule has 1 aliphatic rings. The minimum atomic E-state index is -3.55. The molecule has 0 atom stereocenters. The molecule has 2 aromatic carbocycles. The van der Waals surface area contributed by atoms with Gasteiger partial charge in [0.25, 0.3) is 0 Å². The second-order valence-corrected chi connectivity index (χ2v) is 8.88. The molecule has 0 aliphatic carbocycles. The first kappa shape index (κ1) is 19.5. The summed E-state index contributed by atoms with van der Waals surface area (Å²) in [6, 6.07) is 11.3. The summed E-state index contributed by atoms with van der Waals surface area (Å²) in [5.41, 5.74) is 1.93. The van der Waals surface area contributed by atoms with E-state index in [9.17, 15) is 17.6 Å². The van der Waals surface area contributed by atoms with Gasteiger partial charge in [-0.3, -0.25) is 4.79 Å². The second kappa shape index (κ2) is 7.78. The molecule has 1 heterocycles. The van der Waals surface area contributed by atoms with E-state index in [1.54, 1.807) is 43.3 Å². The van der Waals surface area contributed by atoms with E-state index in [0.29, 0.717) is 24.1 Å². The number of carbonyl (C=O) groups is 1. The molecular weight excluding hydrogens is 367 g/mol. The topological polar surface area (TPSA) is 66.5 Å². The Morgan fingerprint density at radius 1 is 1.07 bits per heavy atom. The van der Waals surface area contributed by atoms with Crippen LogP contribution < -0.4 is 5.32 Å². The highest BCUT2D eigenvalue weighted by molar-refractivity contribution is 7.89. The summed E-state index contributed by atoms with van der Waals surface area (Å²) in [6.07, 6.45) is 0.872. The van der Waals surface area contributed by atoms with Gasteiger partial charge >= 0.3 is 0 Å². The van der Waals surface area contributed by atoms with E-state index in [2.05, 4.69) is 5.32 Å². The Morgan fingerprint density at radius 2 is 1.70 bits per heavy atom. The Bertz CT molecular complexity index is 934. The van der Waals surface area contributed by atoms with Crippen LogP contribution in [0.25, 0.3) is 0 Å². The van der Waals surface area contributed by atoms with Crippen molar-refractivity contribution in [2.45, 2.75) is 31.6 Å². The van der Waals surface area contributed by atoms with Crippen LogP contribution in [0.4, 0.5) is 10.1 Å². The van der Waals surface area contributed by atoms with Crippen LogP contribution in [0.1, 0.15) is 24.0 Å². The molecule has 1 amide bonds. The minimum Gasteiger partial charge on any atom is -0.326 e. The van der Waals surface area contributed by atoms with Gasteiger partial charge in [0, 0.05) is 24.7 Å². The molecule has 0 bridgehead atoms. The number of rotatable bonds is 4. The van der Waals surface area contributed by atoms with Crippen LogP contribution in [0.15, 0.2) is 47.4 Å². The molecule has 1 fully saturated rings. The van der Waals surface area contributed by atoms with E-state index in [-0.39, 0.29) is 35.6 Å². The van der Waals surface area contributed by atoms with Crippen molar-refractivity contribution in [1.82, 2.24) is 4.31 Å². The third kappa shape index (κ3) is 4.36. The van der Waals surface area contributed by atoms with Crippen LogP contribution >= 0.6 is 0 Å². The minimum absolute atomic E-state index is 0.203. The average Bonchev–Trinajstić information content (AvgIpc) is 2.65. The zero-order valence-electron chi connectivity index (χ0n) is 15.4. The molecule has 5 nitrogen and oxygen atoms in total. The highest BCUT2D eigenvalue weighted by Crippen LogP contribution is 2.25. The number of aryl methyl sites for hydroxylation is 2. The summed E-state index contributed by atoms with van der Waals surface area (Å²) in [7, 11) is -3.55. The van der Waals surface area contributed by atoms with Crippen LogP contribution in [0.5, 0.6) is 0 Å². The number of halogens is 1. The van der Waals surface area contributed by atoms with E-state index in [4.69, 9.17) is 0 Å². The molecule has 0 aromatic heterocycles. The smallest absolute Gasteiger partial charge is 0.243 e. The Balaban J connectivity index is 1.61. The van der Waals surface area contributed by atoms with E-state index in [1.807, 2.05) is 6.92 Å². The first-order chi connectivity index (χ1) is 12.8. The number of hydrogen-bond donors (Lipinski definition) is 1. The number of anilines is 1. The molecule has 1 saturated heterocycles. The lowest BCUT2D eigenvalue weighted by Crippen LogP contribution is -2.41. The van der Waals surface area contributed by atoms with E-state index < -0.39 is 10.0 Å². The van der Waals surface area contributed by atoms with Gasteiger partial charge in [-0.1, -0.05) is 23.8 Å². The molecule has 0 unspecified atom stereocenters. The predicted molar refractivity (Wildman–Crippen MR) is 102 cm³/mol. The van der Waals surface area contributed by atoms with Crippen LogP contribution in [0.3, 0.4) is 0 Å². The Morgan fingerprint density at radius 3 is 2.30 bits per heavy atom. The van der Waals surface area contributed by atoms with Crippen molar-refractivity contribution in [3.8, 4) is 0 Å². The third-order valence-corrected chi connectivity index (χ3v) is 6.84. The van der Waals surface area contributed by atoms with Gasteiger partial charge in [-0.25, -0.2) is 12.8 Å². The molecule has 0 radical (unpaired) electrons. The number of sulfonamides is 1. The fourth-order valence-electron chi connectivity index (χ4n) is 3.13. The molecule has 7 heteroatoms. The summed E-state index contributed by atoms with van der Waals surface area (Å²) in [5, 5.41) is 2.72. The maximum absolute atomic E-state index is 13.6. The van der Waals surface area contributed by atoms with Gasteiger partial charge in [-0.2, -0.15) is 4.31 Å². The Labute approximate surface area is 159 Å². The summed E-state index contributed by atoms with van der Waals surface area (Å²) in [5.74, 6) is -0.865. The molecule has 0 saturated carbocycles. The molecule has 0 spiro atoms. The van der Waals surface area contributed by atoms with Crippen molar-refractivity contribution < 1.29 is 17.6 Å². The van der Waals surface area contributed by atoms with Gasteiger partial charge in [0.05, 0.1) is 4.90 Å². The Kier molecular flexibility index (Phi) is 5.62. The summed E-state index contributed by atoms with van der Waals surface area (Å²) in [6.45, 7) is 4.14. The van der Waals surface area contributed by atoms with Gasteiger partial charge < -0.3 is 5.32 Å². The van der Waals surface area contributed by atoms with Crippen molar-refractivity contribution in [1.29, 1.82) is 0 Å². The zero-order chi connectivity index (χ0) is 19.6. The molecule has 3 rings (SSSR count). The number of benzene rings is 2. The SMILES string of the molecule is Cc1ccc(S(=O)(=O)N2CCC(C(=O)Nc3ccc(C)c(F)c3)CC2)cc1. The maximum Gasteiger partial charge on any atom is 0.243 e. The molecular formula is C20H23FN2O3S. The standard InChI is InChI=1S/C20H23FN2O3S/c1-14-3-7-18(8-4-14)27(25,26)23-11-9-16(10-12-23)20(24)22-17-6-5-15(2)19(21)13-17/h3-8,13,16H,9-12H2,1-2H3,(H,22,24). The quantitative estimate of drug-likeness (QED) is 0.869. The van der Waals surface area contributed by atoms with Crippen molar-refractivity contribution >= 4 is 21.6 Å². The monoisotopic (exact) mass is 390 g/mol. The van der Waals surface area contributed by atoms with Gasteiger partial charge in [-0.15, -0.1) is 0 Å². The third-order valence-electron chi connectivity index (χ3n) is 4.92. The highest BCUT2D eigenvalue weighted by Gasteiger charge is 2.32. The average molecular weight is 390 g/mol. The number of nitrogens with one attached hydrogen (secondary N) is 1. The number of hydrogen-bond acceptors (Lipinski definition) is 3. The van der Waals surface area contributed by atoms with E-state index in [0.717, 1.165) is 5.56 Å². The first-order valence-electron chi connectivity index (χ1n) is 8.91. The molecule has 27 heavy (non-hydrogen) atoms. The molecule has 144 valence electrons. The fourth-order valence-corrected chi connectivity index (χ4v) is 4.60. The Hall–Kier alpha value is -2.25. The van der Waals surface area contributed by atoms with Crippen LogP contribution in [0.2, 0.25) is 0 Å². The van der Waals surface area contributed by atoms with Crippen LogP contribution in [0, 0.1) is 25.6 Å². The van der Waals surface area contributed by atoms with Crippen molar-refractivity contribution in [3.63, 3.8) is 0 Å². The first-order valence-corrected chi connectivity index (χ1v) is 10.4. The lowest BCUT2D eigenvalue weighted by Gasteiger charge is -2.30. The lowest BCUT2D eigenvalue weighted by atomic mass is 9.97. The molecule has 1 aliphatic heterocycles. The lowest BCUT2D eigenvalue weighted by molar-refractivity contribution is -0.120. The fraction of sp³-hybridized carbons (Fsp3) is 0.350. The highest BCUT2D eigenvalue weighted by atomic mass is 32.2. The van der Waals surface area contributed by atoms with Crippen LogP contribution in [-0.4, -0.2) is 31.7 Å². The van der Waals surface area contributed by atoms with Gasteiger partial charge in [0.1, 0.15) is 5.82 Å². The summed E-state index contributed by atoms with van der Waals surface area (Å²) < 4.78 is 40.5. The van der Waals surface area contributed by atoms with Crippen molar-refractivity contribution in [2.24, 2.45) is 5.92 Å². The van der Waals surface area contributed by atoms with E-state index in [1.165, 1.54) is 10.4 Å². The van der Waals surface area contributed by atoms with Crippen molar-refractivity contribution in [3.05, 3.63) is 59.4 Å². The number of amides is 1. The van der Waals surface area contributed by atoms with Gasteiger partial charge in [-0.05, 0) is 56.5 Å². The second-order valence-electron chi connectivity index (χ2n) is 6.94. The largest absolute Gasteiger partial charge is 0.326 e. The van der Waals surface area contributed by atoms with Crippen molar-refractivity contribution in [2.75, 3.05) is 18.4 Å². The number of carbonyl (C=O) groups excluding carboxylic acids is 1. The van der Waals surface area contributed by atoms with Crippen LogP contribution in [-0.2, 0) is 14.8 Å². The predicted octanol–water partition coefficient (Wildman–Crippen LogP) is 3.48. The molecule has 2 aromatic rings. The molecule has 1 N–H and O–H groups in total. The van der Waals surface area contributed by atoms with Gasteiger partial charge in [0.15, 0.2) is 0 Å². The number of piperidine rings is 1. The summed E-state index contributed by atoms with van der Waals surface area (Å²) >= 11 is 0. The summed E-state index contributed by atoms with van der Waals surface area (Å²) in [4.78, 5) is 12.7.